The fourth-order valence-electron chi connectivity index (χ4n) is 2.97. The van der Waals surface area contributed by atoms with E-state index in [1.807, 2.05) is 0 Å². The second kappa shape index (κ2) is 5.75. The zero-order valence-electron chi connectivity index (χ0n) is 12.6. The van der Waals surface area contributed by atoms with Crippen LogP contribution in [0.4, 0.5) is 0 Å². The first-order valence-corrected chi connectivity index (χ1v) is 9.85. The number of aryl methyl sites for hydroxylation is 1. The molecule has 0 unspecified atom stereocenters. The summed E-state index contributed by atoms with van der Waals surface area (Å²) in [5, 5.41) is 0.653. The number of aromatic amines is 1. The van der Waals surface area contributed by atoms with E-state index in [0.717, 1.165) is 31.2 Å². The van der Waals surface area contributed by atoms with E-state index in [1.165, 1.54) is 23.3 Å². The Morgan fingerprint density at radius 1 is 1.45 bits per heavy atom. The third-order valence-electron chi connectivity index (χ3n) is 4.29. The van der Waals surface area contributed by atoms with Gasteiger partial charge in [0, 0.05) is 4.88 Å². The average Bonchev–Trinajstić information content (AvgIpc) is 2.84. The van der Waals surface area contributed by atoms with Gasteiger partial charge in [0.05, 0.1) is 5.39 Å². The number of rotatable bonds is 4. The van der Waals surface area contributed by atoms with Crippen LogP contribution in [0.15, 0.2) is 4.79 Å². The third kappa shape index (κ3) is 2.82. The first-order chi connectivity index (χ1) is 10.4. The molecule has 0 aromatic carbocycles. The molecule has 0 saturated heterocycles. The maximum Gasteiger partial charge on any atom is 0.259 e. The number of hydrogen-bond donors (Lipinski definition) is 2. The minimum atomic E-state index is -3.45. The maximum absolute atomic E-state index is 12.4. The SMILES string of the molecule is CC[C@@H]1CCc2c(sc3nc(CS(=O)(=O)NC)[nH]c(=O)c23)C1. The standard InChI is InChI=1S/C14H19N3O3S2/c1-3-8-4-5-9-10(6-8)21-14-12(9)13(18)16-11(17-14)7-22(19,20)15-2/h8,15H,3-7H2,1-2H3,(H,16,17,18)/t8-/m1/s1. The quantitative estimate of drug-likeness (QED) is 0.882. The molecule has 0 fully saturated rings. The van der Waals surface area contributed by atoms with Crippen LogP contribution in [0.1, 0.15) is 36.0 Å². The first kappa shape index (κ1) is 15.6. The molecule has 0 spiro atoms. The molecule has 2 heterocycles. The highest BCUT2D eigenvalue weighted by atomic mass is 32.2. The molecule has 6 nitrogen and oxygen atoms in total. The zero-order chi connectivity index (χ0) is 15.9. The van der Waals surface area contributed by atoms with Crippen molar-refractivity contribution in [1.29, 1.82) is 0 Å². The maximum atomic E-state index is 12.4. The lowest BCUT2D eigenvalue weighted by atomic mass is 9.86. The van der Waals surface area contributed by atoms with Crippen LogP contribution in [0.25, 0.3) is 10.2 Å². The van der Waals surface area contributed by atoms with Gasteiger partial charge in [0.15, 0.2) is 0 Å². The number of thiophene rings is 1. The Bertz CT molecular complexity index is 867. The molecule has 0 radical (unpaired) electrons. The summed E-state index contributed by atoms with van der Waals surface area (Å²) >= 11 is 1.53. The third-order valence-corrected chi connectivity index (χ3v) is 6.71. The number of H-pyrrole nitrogens is 1. The Kier molecular flexibility index (Phi) is 4.09. The largest absolute Gasteiger partial charge is 0.309 e. The van der Waals surface area contributed by atoms with Gasteiger partial charge in [0.2, 0.25) is 10.0 Å². The summed E-state index contributed by atoms with van der Waals surface area (Å²) in [6, 6.07) is 0. The first-order valence-electron chi connectivity index (χ1n) is 7.38. The number of nitrogens with one attached hydrogen (secondary N) is 2. The van der Waals surface area contributed by atoms with Crippen molar-refractivity contribution in [3.63, 3.8) is 0 Å². The Balaban J connectivity index is 2.07. The van der Waals surface area contributed by atoms with Gasteiger partial charge in [0.1, 0.15) is 16.4 Å². The molecule has 1 atom stereocenters. The highest BCUT2D eigenvalue weighted by Gasteiger charge is 2.24. The summed E-state index contributed by atoms with van der Waals surface area (Å²) in [7, 11) is -2.10. The summed E-state index contributed by atoms with van der Waals surface area (Å²) in [4.78, 5) is 21.2. The van der Waals surface area contributed by atoms with Crippen molar-refractivity contribution in [2.75, 3.05) is 7.05 Å². The molecule has 120 valence electrons. The lowest BCUT2D eigenvalue weighted by Gasteiger charge is -2.20. The second-order valence-corrected chi connectivity index (χ2v) is 8.69. The van der Waals surface area contributed by atoms with E-state index in [-0.39, 0.29) is 17.1 Å². The van der Waals surface area contributed by atoms with Gasteiger partial charge in [-0.05, 0) is 37.8 Å². The van der Waals surface area contributed by atoms with E-state index >= 15 is 0 Å². The van der Waals surface area contributed by atoms with Crippen LogP contribution in [-0.2, 0) is 28.6 Å². The van der Waals surface area contributed by atoms with Gasteiger partial charge in [-0.15, -0.1) is 11.3 Å². The number of aromatic nitrogens is 2. The Morgan fingerprint density at radius 2 is 2.23 bits per heavy atom. The zero-order valence-corrected chi connectivity index (χ0v) is 14.2. The van der Waals surface area contributed by atoms with Crippen LogP contribution in [0.2, 0.25) is 0 Å². The molecule has 22 heavy (non-hydrogen) atoms. The molecule has 0 amide bonds. The van der Waals surface area contributed by atoms with Gasteiger partial charge in [-0.25, -0.2) is 18.1 Å². The van der Waals surface area contributed by atoms with Gasteiger partial charge < -0.3 is 4.98 Å². The summed E-state index contributed by atoms with van der Waals surface area (Å²) in [6.45, 7) is 2.19. The van der Waals surface area contributed by atoms with E-state index in [9.17, 15) is 13.2 Å². The molecular formula is C14H19N3O3S2. The van der Waals surface area contributed by atoms with E-state index in [1.54, 1.807) is 0 Å². The van der Waals surface area contributed by atoms with Crippen LogP contribution < -0.4 is 10.3 Å². The van der Waals surface area contributed by atoms with Crippen LogP contribution in [0, 0.1) is 5.92 Å². The smallest absolute Gasteiger partial charge is 0.259 e. The van der Waals surface area contributed by atoms with Gasteiger partial charge in [-0.3, -0.25) is 4.79 Å². The van der Waals surface area contributed by atoms with Crippen LogP contribution in [-0.4, -0.2) is 25.4 Å². The summed E-state index contributed by atoms with van der Waals surface area (Å²) in [5.41, 5.74) is 0.889. The molecule has 8 heteroatoms. The monoisotopic (exact) mass is 341 g/mol. The number of fused-ring (bicyclic) bond motifs is 3. The van der Waals surface area contributed by atoms with Gasteiger partial charge in [0.25, 0.3) is 5.56 Å². The van der Waals surface area contributed by atoms with Crippen molar-refractivity contribution in [3.8, 4) is 0 Å². The molecule has 2 aromatic heterocycles. The predicted octanol–water partition coefficient (Wildman–Crippen LogP) is 1.55. The molecule has 1 aliphatic carbocycles. The lowest BCUT2D eigenvalue weighted by Crippen LogP contribution is -2.23. The molecule has 0 bridgehead atoms. The van der Waals surface area contributed by atoms with Crippen LogP contribution in [0.5, 0.6) is 0 Å². The molecule has 2 N–H and O–H groups in total. The number of nitrogens with zero attached hydrogens (tertiary/aromatic N) is 1. The van der Waals surface area contributed by atoms with E-state index < -0.39 is 10.0 Å². The molecule has 0 saturated carbocycles. The van der Waals surface area contributed by atoms with Gasteiger partial charge in [-0.2, -0.15) is 0 Å². The summed E-state index contributed by atoms with van der Waals surface area (Å²) < 4.78 is 25.5. The second-order valence-electron chi connectivity index (χ2n) is 5.68. The Hall–Kier alpha value is -1.25. The van der Waals surface area contributed by atoms with E-state index in [4.69, 9.17) is 0 Å². The van der Waals surface area contributed by atoms with Crippen molar-refractivity contribution in [2.45, 2.75) is 38.4 Å². The molecule has 2 aromatic rings. The van der Waals surface area contributed by atoms with Crippen molar-refractivity contribution in [2.24, 2.45) is 5.92 Å². The van der Waals surface area contributed by atoms with Crippen LogP contribution in [0.3, 0.4) is 0 Å². The molecule has 3 rings (SSSR count). The Labute approximate surface area is 133 Å². The molecular weight excluding hydrogens is 322 g/mol. The van der Waals surface area contributed by atoms with Crippen molar-refractivity contribution in [1.82, 2.24) is 14.7 Å². The fourth-order valence-corrected chi connectivity index (χ4v) is 4.96. The average molecular weight is 341 g/mol. The fraction of sp³-hybridized carbons (Fsp3) is 0.571. The lowest BCUT2D eigenvalue weighted by molar-refractivity contribution is 0.451. The van der Waals surface area contributed by atoms with E-state index in [2.05, 4.69) is 21.6 Å². The number of hydrogen-bond acceptors (Lipinski definition) is 5. The highest BCUT2D eigenvalue weighted by Crippen LogP contribution is 2.36. The minimum absolute atomic E-state index is 0.192. The summed E-state index contributed by atoms with van der Waals surface area (Å²) in [5.74, 6) is 0.552. The minimum Gasteiger partial charge on any atom is -0.309 e. The number of sulfonamides is 1. The van der Waals surface area contributed by atoms with Crippen LogP contribution >= 0.6 is 11.3 Å². The highest BCUT2D eigenvalue weighted by molar-refractivity contribution is 7.88. The normalized spacial score (nSPS) is 18.5. The van der Waals surface area contributed by atoms with E-state index in [0.29, 0.717) is 16.1 Å². The van der Waals surface area contributed by atoms with Crippen molar-refractivity contribution >= 4 is 31.6 Å². The van der Waals surface area contributed by atoms with Crippen molar-refractivity contribution < 1.29 is 8.42 Å². The van der Waals surface area contributed by atoms with Gasteiger partial charge in [-0.1, -0.05) is 13.3 Å². The molecule has 0 aliphatic heterocycles. The predicted molar refractivity (Wildman–Crippen MR) is 87.7 cm³/mol. The summed E-state index contributed by atoms with van der Waals surface area (Å²) in [6.07, 6.45) is 4.15. The van der Waals surface area contributed by atoms with Crippen molar-refractivity contribution in [3.05, 3.63) is 26.6 Å². The topological polar surface area (TPSA) is 91.9 Å². The Morgan fingerprint density at radius 3 is 2.91 bits per heavy atom. The molecule has 1 aliphatic rings. The van der Waals surface area contributed by atoms with Gasteiger partial charge >= 0.3 is 0 Å².